The van der Waals surface area contributed by atoms with E-state index in [0.717, 1.165) is 0 Å². The predicted molar refractivity (Wildman–Crippen MR) is 45.5 cm³/mol. The van der Waals surface area contributed by atoms with Crippen LogP contribution in [0, 0.1) is 0 Å². The monoisotopic (exact) mass is 173 g/mol. The lowest BCUT2D eigenvalue weighted by atomic mass is 10.3. The number of carbonyl (C=O) groups is 1. The maximum absolute atomic E-state index is 10.4. The van der Waals surface area contributed by atoms with Crippen LogP contribution < -0.4 is 5.32 Å². The van der Waals surface area contributed by atoms with Gasteiger partial charge in [0.1, 0.15) is 0 Å². The van der Waals surface area contributed by atoms with Crippen LogP contribution in [0.1, 0.15) is 13.8 Å². The van der Waals surface area contributed by atoms with E-state index in [-0.39, 0.29) is 12.5 Å². The molecule has 0 spiro atoms. The van der Waals surface area contributed by atoms with E-state index >= 15 is 0 Å². The van der Waals surface area contributed by atoms with Crippen molar-refractivity contribution in [3.63, 3.8) is 0 Å². The van der Waals surface area contributed by atoms with Crippen molar-refractivity contribution in [2.24, 2.45) is 0 Å². The first kappa shape index (κ1) is 11.1. The largest absolute Gasteiger partial charge is 0.364 e. The van der Waals surface area contributed by atoms with Gasteiger partial charge >= 0.3 is 0 Å². The van der Waals surface area contributed by atoms with Crippen LogP contribution in [0.5, 0.6) is 0 Å². The number of aliphatic hydroxyl groups excluding tert-OH is 1. The second-order valence-corrected chi connectivity index (χ2v) is 2.55. The second-order valence-electron chi connectivity index (χ2n) is 2.55. The van der Waals surface area contributed by atoms with Gasteiger partial charge in [0.2, 0.25) is 5.91 Å². The first-order valence-corrected chi connectivity index (χ1v) is 3.73. The maximum Gasteiger partial charge on any atom is 0.216 e. The number of amides is 1. The van der Waals surface area contributed by atoms with E-state index in [1.807, 2.05) is 0 Å². The van der Waals surface area contributed by atoms with Crippen LogP contribution in [0.3, 0.4) is 0 Å². The number of hydrogen-bond acceptors (Lipinski definition) is 3. The van der Waals surface area contributed by atoms with Crippen molar-refractivity contribution in [1.29, 1.82) is 0 Å². The lowest BCUT2D eigenvalue weighted by Crippen LogP contribution is -2.26. The molecule has 0 rings (SSSR count). The normalized spacial score (nSPS) is 12.2. The first-order chi connectivity index (χ1) is 5.54. The molecule has 0 aromatic heterocycles. The smallest absolute Gasteiger partial charge is 0.216 e. The summed E-state index contributed by atoms with van der Waals surface area (Å²) in [4.78, 5) is 10.4. The average molecular weight is 173 g/mol. The Labute approximate surface area is 72.2 Å². The highest BCUT2D eigenvalue weighted by Gasteiger charge is 2.02. The van der Waals surface area contributed by atoms with Gasteiger partial charge in [-0.05, 0) is 12.5 Å². The van der Waals surface area contributed by atoms with Crippen LogP contribution in [-0.4, -0.2) is 30.5 Å². The Hall–Kier alpha value is -0.870. The molecule has 0 unspecified atom stereocenters. The van der Waals surface area contributed by atoms with Crippen molar-refractivity contribution >= 4 is 5.91 Å². The summed E-state index contributed by atoms with van der Waals surface area (Å²) in [6.45, 7) is 7.29. The third kappa shape index (κ3) is 5.88. The fourth-order valence-corrected chi connectivity index (χ4v) is 0.540. The molecular weight excluding hydrogens is 158 g/mol. The van der Waals surface area contributed by atoms with Gasteiger partial charge in [0.25, 0.3) is 0 Å². The Morgan fingerprint density at radius 1 is 1.67 bits per heavy atom. The summed E-state index contributed by atoms with van der Waals surface area (Å²) in [5.41, 5.74) is 0.554. The molecule has 0 bridgehead atoms. The summed E-state index contributed by atoms with van der Waals surface area (Å²) in [6.07, 6.45) is -0.932. The number of rotatable bonds is 5. The zero-order valence-electron chi connectivity index (χ0n) is 7.46. The van der Waals surface area contributed by atoms with Gasteiger partial charge in [-0.1, -0.05) is 6.58 Å². The molecular formula is C8H15NO3. The molecule has 4 nitrogen and oxygen atoms in total. The standard InChI is InChI=1S/C8H15NO3/c1-6(2)8(11)12-5-4-9-7(3)10/h8,11H,1,4-5H2,2-3H3,(H,9,10)/t8-/m1/s1. The van der Waals surface area contributed by atoms with E-state index in [1.54, 1.807) is 6.92 Å². The van der Waals surface area contributed by atoms with E-state index in [9.17, 15) is 4.79 Å². The van der Waals surface area contributed by atoms with Crippen molar-refractivity contribution in [2.45, 2.75) is 20.1 Å². The summed E-state index contributed by atoms with van der Waals surface area (Å²) < 4.78 is 4.90. The Balaban J connectivity index is 3.31. The van der Waals surface area contributed by atoms with E-state index < -0.39 is 6.29 Å². The second kappa shape index (κ2) is 5.74. The SMILES string of the molecule is C=C(C)[C@H](O)OCCNC(C)=O. The molecule has 12 heavy (non-hydrogen) atoms. The van der Waals surface area contributed by atoms with Crippen molar-refractivity contribution in [3.05, 3.63) is 12.2 Å². The van der Waals surface area contributed by atoms with Gasteiger partial charge in [0.05, 0.1) is 6.61 Å². The highest BCUT2D eigenvalue weighted by molar-refractivity contribution is 5.72. The van der Waals surface area contributed by atoms with Crippen LogP contribution in [-0.2, 0) is 9.53 Å². The third-order valence-electron chi connectivity index (χ3n) is 1.17. The molecule has 0 aliphatic heterocycles. The quantitative estimate of drug-likeness (QED) is 0.350. The molecule has 0 fully saturated rings. The van der Waals surface area contributed by atoms with Crippen LogP contribution in [0.15, 0.2) is 12.2 Å². The minimum atomic E-state index is -0.932. The summed E-state index contributed by atoms with van der Waals surface area (Å²) in [5.74, 6) is -0.108. The van der Waals surface area contributed by atoms with Crippen LogP contribution >= 0.6 is 0 Å². The van der Waals surface area contributed by atoms with Gasteiger partial charge in [-0.15, -0.1) is 0 Å². The molecule has 0 aromatic rings. The van der Waals surface area contributed by atoms with E-state index in [0.29, 0.717) is 12.1 Å². The average Bonchev–Trinajstić information content (AvgIpc) is 1.97. The molecule has 1 atom stereocenters. The lowest BCUT2D eigenvalue weighted by molar-refractivity contribution is -0.120. The van der Waals surface area contributed by atoms with Gasteiger partial charge in [-0.2, -0.15) is 0 Å². The fraction of sp³-hybridized carbons (Fsp3) is 0.625. The van der Waals surface area contributed by atoms with E-state index in [2.05, 4.69) is 11.9 Å². The molecule has 0 saturated heterocycles. The molecule has 1 amide bonds. The third-order valence-corrected chi connectivity index (χ3v) is 1.17. The molecule has 0 saturated carbocycles. The lowest BCUT2D eigenvalue weighted by Gasteiger charge is -2.11. The Kier molecular flexibility index (Phi) is 5.32. The van der Waals surface area contributed by atoms with Crippen molar-refractivity contribution in [1.82, 2.24) is 5.32 Å². The summed E-state index contributed by atoms with van der Waals surface area (Å²) in [6, 6.07) is 0. The topological polar surface area (TPSA) is 58.6 Å². The number of aliphatic hydroxyl groups is 1. The van der Waals surface area contributed by atoms with Crippen molar-refractivity contribution in [3.8, 4) is 0 Å². The molecule has 2 N–H and O–H groups in total. The van der Waals surface area contributed by atoms with Gasteiger partial charge in [0, 0.05) is 13.5 Å². The van der Waals surface area contributed by atoms with Gasteiger partial charge < -0.3 is 15.2 Å². The minimum Gasteiger partial charge on any atom is -0.364 e. The van der Waals surface area contributed by atoms with Crippen molar-refractivity contribution < 1.29 is 14.6 Å². The zero-order chi connectivity index (χ0) is 9.56. The van der Waals surface area contributed by atoms with Gasteiger partial charge in [-0.3, -0.25) is 4.79 Å². The first-order valence-electron chi connectivity index (χ1n) is 3.73. The number of hydrogen-bond donors (Lipinski definition) is 2. The Morgan fingerprint density at radius 3 is 2.67 bits per heavy atom. The summed E-state index contributed by atoms with van der Waals surface area (Å²) in [5, 5.41) is 11.6. The molecule has 0 aromatic carbocycles. The summed E-state index contributed by atoms with van der Waals surface area (Å²) in [7, 11) is 0. The minimum absolute atomic E-state index is 0.108. The van der Waals surface area contributed by atoms with E-state index in [4.69, 9.17) is 9.84 Å². The van der Waals surface area contributed by atoms with E-state index in [1.165, 1.54) is 6.92 Å². The number of ether oxygens (including phenoxy) is 1. The van der Waals surface area contributed by atoms with Gasteiger partial charge in [0.15, 0.2) is 6.29 Å². The molecule has 0 aliphatic rings. The van der Waals surface area contributed by atoms with Crippen LogP contribution in [0.25, 0.3) is 0 Å². The molecule has 0 heterocycles. The van der Waals surface area contributed by atoms with Gasteiger partial charge in [-0.25, -0.2) is 0 Å². The maximum atomic E-state index is 10.4. The molecule has 0 radical (unpaired) electrons. The highest BCUT2D eigenvalue weighted by atomic mass is 16.6. The zero-order valence-corrected chi connectivity index (χ0v) is 7.46. The fourth-order valence-electron chi connectivity index (χ4n) is 0.540. The van der Waals surface area contributed by atoms with Crippen LogP contribution in [0.2, 0.25) is 0 Å². The summed E-state index contributed by atoms with van der Waals surface area (Å²) >= 11 is 0. The molecule has 4 heteroatoms. The predicted octanol–water partition coefficient (Wildman–Crippen LogP) is 0.0336. The van der Waals surface area contributed by atoms with Crippen molar-refractivity contribution in [2.75, 3.05) is 13.2 Å². The Morgan fingerprint density at radius 2 is 2.25 bits per heavy atom. The Bertz CT molecular complexity index is 168. The number of carbonyl (C=O) groups excluding carboxylic acids is 1. The molecule has 70 valence electrons. The molecule has 0 aliphatic carbocycles. The number of nitrogens with one attached hydrogen (secondary N) is 1. The van der Waals surface area contributed by atoms with Crippen LogP contribution in [0.4, 0.5) is 0 Å². The highest BCUT2D eigenvalue weighted by Crippen LogP contribution is 1.97.